The summed E-state index contributed by atoms with van der Waals surface area (Å²) in [6.45, 7) is 5.81. The Labute approximate surface area is 560 Å². The number of ether oxygens (including phenoxy) is 3. The first kappa shape index (κ1) is 86.1. The van der Waals surface area contributed by atoms with Crippen LogP contribution < -0.4 is 5.32 Å². The van der Waals surface area contributed by atoms with Crippen LogP contribution in [-0.4, -0.2) is 99.6 Å². The Morgan fingerprint density at radius 2 is 0.758 bits per heavy atom. The summed E-state index contributed by atoms with van der Waals surface area (Å²) in [5, 5.41) is 57.4. The molecule has 11 heteroatoms. The fraction of sp³-hybridized carbons (Fsp3) is 0.825. The molecule has 1 aliphatic rings. The summed E-state index contributed by atoms with van der Waals surface area (Å²) < 4.78 is 17.7. The number of esters is 1. The van der Waals surface area contributed by atoms with Crippen LogP contribution in [0.2, 0.25) is 0 Å². The van der Waals surface area contributed by atoms with Crippen LogP contribution in [0.25, 0.3) is 0 Å². The minimum Gasteiger partial charge on any atom is -0.454 e. The Bertz CT molecular complexity index is 1760. The number of nitrogens with one attached hydrogen (secondary N) is 1. The Balaban J connectivity index is 2.54. The maximum Gasteiger partial charge on any atom is 0.306 e. The fourth-order valence-electron chi connectivity index (χ4n) is 12.0. The van der Waals surface area contributed by atoms with Crippen molar-refractivity contribution in [3.63, 3.8) is 0 Å². The predicted molar refractivity (Wildman–Crippen MR) is 384 cm³/mol. The van der Waals surface area contributed by atoms with Crippen LogP contribution in [0.3, 0.4) is 0 Å². The second kappa shape index (κ2) is 67.1. The van der Waals surface area contributed by atoms with Gasteiger partial charge in [-0.05, 0) is 96.3 Å². The topological polar surface area (TPSA) is 175 Å². The van der Waals surface area contributed by atoms with Gasteiger partial charge in [0.1, 0.15) is 24.4 Å². The Hall–Kier alpha value is -2.90. The lowest BCUT2D eigenvalue weighted by molar-refractivity contribution is -0.305. The van der Waals surface area contributed by atoms with Gasteiger partial charge in [0.25, 0.3) is 0 Å². The summed E-state index contributed by atoms with van der Waals surface area (Å²) in [7, 11) is 0. The number of carbonyl (C=O) groups excluding carboxylic acids is 2. The summed E-state index contributed by atoms with van der Waals surface area (Å²) in [5.74, 6) is -1.19. The van der Waals surface area contributed by atoms with E-state index in [-0.39, 0.29) is 13.0 Å². The van der Waals surface area contributed by atoms with Crippen molar-refractivity contribution in [2.75, 3.05) is 13.2 Å². The molecule has 0 aliphatic carbocycles. The highest BCUT2D eigenvalue weighted by molar-refractivity contribution is 5.80. The van der Waals surface area contributed by atoms with E-state index in [1.54, 1.807) is 6.08 Å². The lowest BCUT2D eigenvalue weighted by Gasteiger charge is -2.41. The van der Waals surface area contributed by atoms with E-state index in [4.69, 9.17) is 14.2 Å². The minimum atomic E-state index is -1.62. The standard InChI is InChI=1S/C80H145NO10/c1-4-7-10-13-16-19-22-25-27-29-31-33-35-36-37-39-40-42-44-46-49-52-55-58-61-64-67-73(84)79(88)81-71(72(83)66-63-60-57-54-51-48-24-21-18-15-12-9-6-3)70-89-80-78(77(87)76(86)74(69-82)90-80)91-75(85)68-65-62-59-56-53-50-47-45-43-41-38-34-32-30-28-26-23-20-17-14-11-8-5-2/h17,20,25-28,32,34,41,43,63,66,71-74,76-78,80,82-84,86-87H,4-16,18-19,21-24,29-31,33,35-40,42,44-62,64-65,67-70H2,1-3H3,(H,81,88)/b20-17-,27-25+,28-26-,34-32-,43-41-,66-63+. The number of aliphatic hydroxyl groups is 5. The van der Waals surface area contributed by atoms with E-state index >= 15 is 0 Å². The summed E-state index contributed by atoms with van der Waals surface area (Å²) in [6, 6.07) is -1.03. The van der Waals surface area contributed by atoms with Crippen molar-refractivity contribution < 1.29 is 49.3 Å². The molecule has 0 aromatic rings. The number of allylic oxidation sites excluding steroid dienone is 11. The van der Waals surface area contributed by atoms with Gasteiger partial charge in [-0.15, -0.1) is 0 Å². The molecular weight excluding hydrogens is 1130 g/mol. The number of unbranched alkanes of at least 4 members (excludes halogenated alkanes) is 43. The fourth-order valence-corrected chi connectivity index (χ4v) is 12.0. The van der Waals surface area contributed by atoms with Crippen molar-refractivity contribution in [1.29, 1.82) is 0 Å². The van der Waals surface area contributed by atoms with E-state index < -0.39 is 67.4 Å². The molecule has 1 saturated heterocycles. The van der Waals surface area contributed by atoms with Crippen LogP contribution in [0.5, 0.6) is 0 Å². The lowest BCUT2D eigenvalue weighted by Crippen LogP contribution is -2.61. The Morgan fingerprint density at radius 3 is 1.16 bits per heavy atom. The van der Waals surface area contributed by atoms with E-state index in [1.165, 1.54) is 212 Å². The zero-order chi connectivity index (χ0) is 66.0. The van der Waals surface area contributed by atoms with Crippen molar-refractivity contribution >= 4 is 11.9 Å². The van der Waals surface area contributed by atoms with E-state index in [0.717, 1.165) is 103 Å². The van der Waals surface area contributed by atoms with Crippen LogP contribution in [0.1, 0.15) is 361 Å². The third kappa shape index (κ3) is 54.0. The highest BCUT2D eigenvalue weighted by Gasteiger charge is 2.47. The number of hydrogen-bond acceptors (Lipinski definition) is 10. The maximum atomic E-state index is 13.5. The molecule has 0 aromatic carbocycles. The molecule has 0 bridgehead atoms. The zero-order valence-corrected chi connectivity index (χ0v) is 59.2. The molecule has 0 saturated carbocycles. The summed E-state index contributed by atoms with van der Waals surface area (Å²) in [5.41, 5.74) is 0. The van der Waals surface area contributed by atoms with E-state index in [0.29, 0.717) is 19.3 Å². The molecule has 1 heterocycles. The number of amides is 1. The summed E-state index contributed by atoms with van der Waals surface area (Å²) in [6.07, 6.45) is 78.0. The Morgan fingerprint density at radius 1 is 0.429 bits per heavy atom. The first-order valence-electron chi connectivity index (χ1n) is 38.7. The summed E-state index contributed by atoms with van der Waals surface area (Å²) >= 11 is 0. The van der Waals surface area contributed by atoms with Gasteiger partial charge in [-0.3, -0.25) is 9.59 Å². The molecule has 0 radical (unpaired) electrons. The highest BCUT2D eigenvalue weighted by Crippen LogP contribution is 2.26. The second-order valence-electron chi connectivity index (χ2n) is 26.7. The SMILES string of the molecule is CCCCC/C=C\C/C=C\C/C=C\C/C=C\CCCCCCCCCC(=O)OC1C(OCC(NC(=O)C(O)CCCCCCCCCCCCCCCCCC/C=C/CCCCCCCC)C(O)/C=C/CCCCCCCCCCCCC)OC(CO)C(O)C1O. The molecule has 0 aromatic heterocycles. The van der Waals surface area contributed by atoms with Crippen LogP contribution in [0, 0.1) is 0 Å². The third-order valence-corrected chi connectivity index (χ3v) is 18.1. The van der Waals surface area contributed by atoms with Crippen molar-refractivity contribution in [3.05, 3.63) is 72.9 Å². The largest absolute Gasteiger partial charge is 0.454 e. The summed E-state index contributed by atoms with van der Waals surface area (Å²) in [4.78, 5) is 26.8. The average molecular weight is 1280 g/mol. The number of hydrogen-bond donors (Lipinski definition) is 6. The minimum absolute atomic E-state index is 0.110. The molecule has 91 heavy (non-hydrogen) atoms. The van der Waals surface area contributed by atoms with Crippen molar-refractivity contribution in [3.8, 4) is 0 Å². The van der Waals surface area contributed by atoms with Crippen LogP contribution in [-0.2, 0) is 23.8 Å². The van der Waals surface area contributed by atoms with E-state index in [2.05, 4.69) is 86.8 Å². The van der Waals surface area contributed by atoms with Crippen LogP contribution in [0.4, 0.5) is 0 Å². The van der Waals surface area contributed by atoms with Crippen molar-refractivity contribution in [2.24, 2.45) is 0 Å². The van der Waals surface area contributed by atoms with Gasteiger partial charge in [0.05, 0.1) is 25.4 Å². The molecule has 11 nitrogen and oxygen atoms in total. The maximum absolute atomic E-state index is 13.5. The van der Waals surface area contributed by atoms with Crippen LogP contribution >= 0.6 is 0 Å². The number of aliphatic hydroxyl groups excluding tert-OH is 5. The quantitative estimate of drug-likeness (QED) is 0.0195. The molecular formula is C80H145NO10. The van der Waals surface area contributed by atoms with Gasteiger partial charge < -0.3 is 45.1 Å². The smallest absolute Gasteiger partial charge is 0.306 e. The van der Waals surface area contributed by atoms with Gasteiger partial charge in [-0.25, -0.2) is 0 Å². The van der Waals surface area contributed by atoms with Gasteiger partial charge in [0.2, 0.25) is 5.91 Å². The first-order chi connectivity index (χ1) is 44.7. The number of rotatable bonds is 67. The molecule has 6 N–H and O–H groups in total. The molecule has 8 unspecified atom stereocenters. The van der Waals surface area contributed by atoms with Crippen LogP contribution in [0.15, 0.2) is 72.9 Å². The second-order valence-corrected chi connectivity index (χ2v) is 26.7. The van der Waals surface area contributed by atoms with Crippen molar-refractivity contribution in [1.82, 2.24) is 5.32 Å². The van der Waals surface area contributed by atoms with E-state index in [9.17, 15) is 35.1 Å². The molecule has 1 amide bonds. The van der Waals surface area contributed by atoms with Gasteiger partial charge in [0.15, 0.2) is 12.4 Å². The predicted octanol–water partition coefficient (Wildman–Crippen LogP) is 20.6. The molecule has 1 aliphatic heterocycles. The van der Waals surface area contributed by atoms with Gasteiger partial charge in [-0.1, -0.05) is 331 Å². The highest BCUT2D eigenvalue weighted by atomic mass is 16.7. The third-order valence-electron chi connectivity index (χ3n) is 18.1. The first-order valence-corrected chi connectivity index (χ1v) is 38.7. The average Bonchev–Trinajstić information content (AvgIpc) is 1.01. The van der Waals surface area contributed by atoms with Crippen molar-refractivity contribution in [2.45, 2.75) is 410 Å². The monoisotopic (exact) mass is 1280 g/mol. The molecule has 8 atom stereocenters. The van der Waals surface area contributed by atoms with Gasteiger partial charge in [-0.2, -0.15) is 0 Å². The lowest BCUT2D eigenvalue weighted by atomic mass is 9.99. The van der Waals surface area contributed by atoms with E-state index in [1.807, 2.05) is 6.08 Å². The van der Waals surface area contributed by atoms with Gasteiger partial charge >= 0.3 is 5.97 Å². The molecule has 1 fully saturated rings. The normalized spacial score (nSPS) is 18.4. The molecule has 0 spiro atoms. The molecule has 530 valence electrons. The number of carbonyl (C=O) groups is 2. The molecule has 1 rings (SSSR count). The van der Waals surface area contributed by atoms with Gasteiger partial charge in [0, 0.05) is 6.42 Å². The zero-order valence-electron chi connectivity index (χ0n) is 59.2. The Kier molecular flexibility index (Phi) is 63.5.